The number of nitrogens with one attached hydrogen (secondary N) is 1. The summed E-state index contributed by atoms with van der Waals surface area (Å²) in [6.45, 7) is 5.74. The molecular weight excluding hydrogens is 486 g/mol. The Kier molecular flexibility index (Phi) is 6.62. The van der Waals surface area contributed by atoms with Crippen molar-refractivity contribution in [3.05, 3.63) is 72.3 Å². The normalized spacial score (nSPS) is 13.3. The fourth-order valence-corrected chi connectivity index (χ4v) is 4.28. The Labute approximate surface area is 219 Å². The average Bonchev–Trinajstić information content (AvgIpc) is 3.54. The highest BCUT2D eigenvalue weighted by atomic mass is 16.7. The molecule has 0 radical (unpaired) electrons. The molecular formula is C28H29N5O5. The smallest absolute Gasteiger partial charge is 0.249 e. The Bertz CT molecular complexity index is 1480. The van der Waals surface area contributed by atoms with Crippen LogP contribution in [0.1, 0.15) is 38.8 Å². The first-order chi connectivity index (χ1) is 18.3. The second-order valence-electron chi connectivity index (χ2n) is 9.76. The SMILES string of the molecule is CCC(C)(C)NC(=O)[C@@H](c1ccc(O)cc1)N(C(=O)Cn1nnc2ccccc21)c1ccc2c(c1)OCO2. The van der Waals surface area contributed by atoms with Crippen molar-refractivity contribution in [2.24, 2.45) is 0 Å². The maximum Gasteiger partial charge on any atom is 0.249 e. The first-order valence-corrected chi connectivity index (χ1v) is 12.4. The van der Waals surface area contributed by atoms with Crippen molar-refractivity contribution in [3.63, 3.8) is 0 Å². The van der Waals surface area contributed by atoms with Gasteiger partial charge in [0.2, 0.25) is 18.6 Å². The van der Waals surface area contributed by atoms with Crippen LogP contribution in [0.5, 0.6) is 17.2 Å². The Balaban J connectivity index is 1.61. The van der Waals surface area contributed by atoms with E-state index in [9.17, 15) is 14.7 Å². The number of carbonyl (C=O) groups is 2. The van der Waals surface area contributed by atoms with Gasteiger partial charge >= 0.3 is 0 Å². The van der Waals surface area contributed by atoms with Crippen LogP contribution in [-0.4, -0.2) is 44.2 Å². The van der Waals surface area contributed by atoms with E-state index in [-0.39, 0.29) is 30.9 Å². The molecule has 2 N–H and O–H groups in total. The maximum absolute atomic E-state index is 14.1. The van der Waals surface area contributed by atoms with Crippen LogP contribution in [0.3, 0.4) is 0 Å². The third-order valence-electron chi connectivity index (χ3n) is 6.67. The van der Waals surface area contributed by atoms with E-state index in [2.05, 4.69) is 15.6 Å². The van der Waals surface area contributed by atoms with Crippen LogP contribution >= 0.6 is 0 Å². The molecule has 2 amide bonds. The van der Waals surface area contributed by atoms with E-state index in [0.717, 1.165) is 0 Å². The summed E-state index contributed by atoms with van der Waals surface area (Å²) in [7, 11) is 0. The lowest BCUT2D eigenvalue weighted by atomic mass is 9.98. The van der Waals surface area contributed by atoms with Gasteiger partial charge in [-0.2, -0.15) is 0 Å². The number of para-hydroxylation sites is 1. The number of hydrogen-bond donors (Lipinski definition) is 2. The van der Waals surface area contributed by atoms with E-state index in [1.54, 1.807) is 30.3 Å². The summed E-state index contributed by atoms with van der Waals surface area (Å²) < 4.78 is 12.5. The molecule has 10 nitrogen and oxygen atoms in total. The number of aromatic nitrogens is 3. The monoisotopic (exact) mass is 515 g/mol. The number of phenols is 1. The number of rotatable bonds is 8. The summed E-state index contributed by atoms with van der Waals surface area (Å²) in [6.07, 6.45) is 0.684. The highest BCUT2D eigenvalue weighted by molar-refractivity contribution is 6.02. The second kappa shape index (κ2) is 10.0. The number of hydrogen-bond acceptors (Lipinski definition) is 7. The molecule has 196 valence electrons. The van der Waals surface area contributed by atoms with Gasteiger partial charge < -0.3 is 19.9 Å². The molecule has 0 saturated carbocycles. The predicted octanol–water partition coefficient (Wildman–Crippen LogP) is 3.94. The number of fused-ring (bicyclic) bond motifs is 2. The molecule has 2 heterocycles. The lowest BCUT2D eigenvalue weighted by Gasteiger charge is -2.34. The fraction of sp³-hybridized carbons (Fsp3) is 0.286. The zero-order chi connectivity index (χ0) is 26.9. The lowest BCUT2D eigenvalue weighted by molar-refractivity contribution is -0.128. The molecule has 0 saturated heterocycles. The van der Waals surface area contributed by atoms with Crippen molar-refractivity contribution in [3.8, 4) is 17.2 Å². The molecule has 0 spiro atoms. The van der Waals surface area contributed by atoms with E-state index in [4.69, 9.17) is 9.47 Å². The minimum Gasteiger partial charge on any atom is -0.508 e. The van der Waals surface area contributed by atoms with Crippen LogP contribution in [0.4, 0.5) is 5.69 Å². The molecule has 0 aliphatic carbocycles. The van der Waals surface area contributed by atoms with Gasteiger partial charge in [-0.05, 0) is 62.2 Å². The van der Waals surface area contributed by atoms with Gasteiger partial charge in [-0.1, -0.05) is 36.4 Å². The Morgan fingerprint density at radius 1 is 1.08 bits per heavy atom. The third-order valence-corrected chi connectivity index (χ3v) is 6.67. The highest BCUT2D eigenvalue weighted by Crippen LogP contribution is 2.38. The summed E-state index contributed by atoms with van der Waals surface area (Å²) in [5, 5.41) is 21.3. The van der Waals surface area contributed by atoms with Crippen molar-refractivity contribution in [2.75, 3.05) is 11.7 Å². The molecule has 1 aromatic heterocycles. The number of nitrogens with zero attached hydrogens (tertiary/aromatic N) is 4. The molecule has 5 rings (SSSR count). The van der Waals surface area contributed by atoms with E-state index in [1.807, 2.05) is 45.0 Å². The minimum atomic E-state index is -1.05. The predicted molar refractivity (Wildman–Crippen MR) is 141 cm³/mol. The van der Waals surface area contributed by atoms with Crippen molar-refractivity contribution in [1.82, 2.24) is 20.3 Å². The number of ether oxygens (including phenoxy) is 2. The van der Waals surface area contributed by atoms with Crippen molar-refractivity contribution < 1.29 is 24.2 Å². The molecule has 1 aliphatic heterocycles. The van der Waals surface area contributed by atoms with Crippen LogP contribution in [-0.2, 0) is 16.1 Å². The van der Waals surface area contributed by atoms with E-state index < -0.39 is 11.6 Å². The second-order valence-corrected chi connectivity index (χ2v) is 9.76. The van der Waals surface area contributed by atoms with E-state index >= 15 is 0 Å². The first-order valence-electron chi connectivity index (χ1n) is 12.4. The van der Waals surface area contributed by atoms with Gasteiger partial charge in [-0.25, -0.2) is 4.68 Å². The molecule has 1 atom stereocenters. The third kappa shape index (κ3) is 4.97. The molecule has 1 aliphatic rings. The molecule has 38 heavy (non-hydrogen) atoms. The largest absolute Gasteiger partial charge is 0.508 e. The Morgan fingerprint density at radius 3 is 2.58 bits per heavy atom. The average molecular weight is 516 g/mol. The van der Waals surface area contributed by atoms with Gasteiger partial charge in [0, 0.05) is 17.3 Å². The van der Waals surface area contributed by atoms with Crippen LogP contribution in [0, 0.1) is 0 Å². The number of anilines is 1. The van der Waals surface area contributed by atoms with Crippen molar-refractivity contribution in [1.29, 1.82) is 0 Å². The molecule has 0 unspecified atom stereocenters. The van der Waals surface area contributed by atoms with E-state index in [0.29, 0.717) is 40.2 Å². The zero-order valence-electron chi connectivity index (χ0n) is 21.4. The molecule has 0 bridgehead atoms. The fourth-order valence-electron chi connectivity index (χ4n) is 4.28. The molecule has 10 heteroatoms. The lowest BCUT2D eigenvalue weighted by Crippen LogP contribution is -2.51. The number of carbonyl (C=O) groups excluding carboxylic acids is 2. The van der Waals surface area contributed by atoms with Crippen LogP contribution in [0.2, 0.25) is 0 Å². The molecule has 4 aromatic rings. The summed E-state index contributed by atoms with van der Waals surface area (Å²) in [5.41, 5.74) is 1.82. The van der Waals surface area contributed by atoms with Gasteiger partial charge in [0.1, 0.15) is 23.9 Å². The van der Waals surface area contributed by atoms with Gasteiger partial charge in [-0.15, -0.1) is 5.10 Å². The Morgan fingerprint density at radius 2 is 1.82 bits per heavy atom. The summed E-state index contributed by atoms with van der Waals surface area (Å²) in [4.78, 5) is 29.5. The Hall–Kier alpha value is -4.60. The number of amides is 2. The van der Waals surface area contributed by atoms with Gasteiger partial charge in [0.15, 0.2) is 11.5 Å². The van der Waals surface area contributed by atoms with Crippen molar-refractivity contribution >= 4 is 28.5 Å². The van der Waals surface area contributed by atoms with Gasteiger partial charge in [-0.3, -0.25) is 14.5 Å². The van der Waals surface area contributed by atoms with Gasteiger partial charge in [0.05, 0.1) is 5.52 Å². The van der Waals surface area contributed by atoms with Crippen LogP contribution in [0.15, 0.2) is 66.7 Å². The number of aromatic hydroxyl groups is 1. The quantitative estimate of drug-likeness (QED) is 0.365. The standard InChI is InChI=1S/C28H29N5O5/c1-4-28(2,3)29-27(36)26(18-9-12-20(34)13-10-18)33(19-11-14-23-24(15-19)38-17-37-23)25(35)16-32-22-8-6-5-7-21(22)30-31-32/h5-15,26,34H,4,16-17H2,1-3H3,(H,29,36)/t26-/m1/s1. The molecule has 0 fully saturated rings. The minimum absolute atomic E-state index is 0.0526. The van der Waals surface area contributed by atoms with E-state index in [1.165, 1.54) is 21.7 Å². The first kappa shape index (κ1) is 25.1. The van der Waals surface area contributed by atoms with Crippen LogP contribution in [0.25, 0.3) is 11.0 Å². The number of benzene rings is 3. The molecule has 3 aromatic carbocycles. The number of phenolic OH excluding ortho intramolecular Hbond substituents is 1. The maximum atomic E-state index is 14.1. The summed E-state index contributed by atoms with van der Waals surface area (Å²) >= 11 is 0. The highest BCUT2D eigenvalue weighted by Gasteiger charge is 2.36. The summed E-state index contributed by atoms with van der Waals surface area (Å²) in [6, 6.07) is 17.7. The topological polar surface area (TPSA) is 119 Å². The van der Waals surface area contributed by atoms with Crippen molar-refractivity contribution in [2.45, 2.75) is 45.3 Å². The zero-order valence-corrected chi connectivity index (χ0v) is 21.4. The van der Waals surface area contributed by atoms with Crippen LogP contribution < -0.4 is 19.7 Å². The summed E-state index contributed by atoms with van der Waals surface area (Å²) in [5.74, 6) is 0.335. The van der Waals surface area contributed by atoms with Gasteiger partial charge in [0.25, 0.3) is 0 Å².